The Labute approximate surface area is 112 Å². The van der Waals surface area contributed by atoms with Crippen LogP contribution in [0.1, 0.15) is 39.0 Å². The molecule has 19 heavy (non-hydrogen) atoms. The fourth-order valence-corrected chi connectivity index (χ4v) is 2.01. The highest BCUT2D eigenvalue weighted by atomic mass is 19.1. The maximum Gasteiger partial charge on any atom is 0.407 e. The van der Waals surface area contributed by atoms with Crippen LogP contribution in [0.2, 0.25) is 0 Å². The van der Waals surface area contributed by atoms with Gasteiger partial charge in [0, 0.05) is 0 Å². The molecule has 0 aromatic rings. The lowest BCUT2D eigenvalue weighted by molar-refractivity contribution is -0.150. The molecule has 1 aliphatic carbocycles. The normalized spacial score (nSPS) is 17.6. The van der Waals surface area contributed by atoms with Gasteiger partial charge in [-0.25, -0.2) is 9.18 Å². The van der Waals surface area contributed by atoms with Gasteiger partial charge in [0.15, 0.2) is 0 Å². The molecule has 0 aromatic carbocycles. The van der Waals surface area contributed by atoms with E-state index in [2.05, 4.69) is 5.32 Å². The largest absolute Gasteiger partial charge is 0.462 e. The minimum absolute atomic E-state index is 0.00466. The Morgan fingerprint density at radius 1 is 1.21 bits per heavy atom. The molecular formula is C13H22FNO4. The summed E-state index contributed by atoms with van der Waals surface area (Å²) in [6.45, 7) is 1.30. The van der Waals surface area contributed by atoms with Crippen molar-refractivity contribution in [2.45, 2.75) is 45.2 Å². The topological polar surface area (TPSA) is 64.6 Å². The summed E-state index contributed by atoms with van der Waals surface area (Å²) in [5, 5.41) is 2.26. The van der Waals surface area contributed by atoms with Gasteiger partial charge in [0.1, 0.15) is 19.4 Å². The number of esters is 1. The molecular weight excluding hydrogens is 253 g/mol. The van der Waals surface area contributed by atoms with Gasteiger partial charge >= 0.3 is 12.1 Å². The average molecular weight is 275 g/mol. The lowest BCUT2D eigenvalue weighted by atomic mass is 9.89. The number of hydrogen-bond acceptors (Lipinski definition) is 4. The first-order chi connectivity index (χ1) is 9.09. The molecule has 110 valence electrons. The van der Waals surface area contributed by atoms with Crippen LogP contribution in [0.3, 0.4) is 0 Å². The van der Waals surface area contributed by atoms with Crippen LogP contribution >= 0.6 is 0 Å². The number of amides is 1. The van der Waals surface area contributed by atoms with Crippen molar-refractivity contribution < 1.29 is 23.5 Å². The summed E-state index contributed by atoms with van der Waals surface area (Å²) in [6, 6.07) is 0. The van der Waals surface area contributed by atoms with Crippen LogP contribution in [0.15, 0.2) is 0 Å². The average Bonchev–Trinajstić information content (AvgIpc) is 2.42. The molecule has 0 unspecified atom stereocenters. The number of carbonyl (C=O) groups excluding carboxylic acids is 2. The molecule has 0 bridgehead atoms. The standard InChI is InChI=1S/C13H22FNO4/c1-10(14)9-15-13(17)19-8-7-18-12(16)11-5-3-2-4-6-11/h10-11H,2-9H2,1H3,(H,15,17)/t10-/m0/s1. The molecule has 0 aromatic heterocycles. The third-order valence-electron chi connectivity index (χ3n) is 3.03. The molecule has 1 rings (SSSR count). The van der Waals surface area contributed by atoms with Crippen molar-refractivity contribution >= 4 is 12.1 Å². The predicted molar refractivity (Wildman–Crippen MR) is 67.5 cm³/mol. The molecule has 1 amide bonds. The summed E-state index contributed by atoms with van der Waals surface area (Å²) in [7, 11) is 0. The van der Waals surface area contributed by atoms with Crippen molar-refractivity contribution in [3.8, 4) is 0 Å². The minimum Gasteiger partial charge on any atom is -0.462 e. The number of alkyl carbamates (subject to hydrolysis) is 1. The van der Waals surface area contributed by atoms with Gasteiger partial charge in [0.05, 0.1) is 12.5 Å². The van der Waals surface area contributed by atoms with Crippen molar-refractivity contribution in [3.63, 3.8) is 0 Å². The van der Waals surface area contributed by atoms with Gasteiger partial charge in [0.25, 0.3) is 0 Å². The molecule has 1 aliphatic rings. The lowest BCUT2D eigenvalue weighted by Gasteiger charge is -2.19. The Morgan fingerprint density at radius 2 is 1.84 bits per heavy atom. The van der Waals surface area contributed by atoms with Crippen LogP contribution in [0, 0.1) is 5.92 Å². The number of ether oxygens (including phenoxy) is 2. The third-order valence-corrected chi connectivity index (χ3v) is 3.03. The van der Waals surface area contributed by atoms with E-state index in [1.54, 1.807) is 0 Å². The predicted octanol–water partition coefficient (Wildman–Crippen LogP) is 2.19. The van der Waals surface area contributed by atoms with Crippen molar-refractivity contribution in [1.82, 2.24) is 5.32 Å². The van der Waals surface area contributed by atoms with E-state index < -0.39 is 12.3 Å². The maximum absolute atomic E-state index is 12.4. The van der Waals surface area contributed by atoms with Gasteiger partial charge in [-0.1, -0.05) is 19.3 Å². The van der Waals surface area contributed by atoms with Gasteiger partial charge in [-0.15, -0.1) is 0 Å². The molecule has 1 saturated carbocycles. The van der Waals surface area contributed by atoms with E-state index in [1.165, 1.54) is 13.3 Å². The summed E-state index contributed by atoms with van der Waals surface area (Å²) in [5.74, 6) is -0.212. The van der Waals surface area contributed by atoms with Crippen molar-refractivity contribution in [2.75, 3.05) is 19.8 Å². The number of nitrogens with one attached hydrogen (secondary N) is 1. The maximum atomic E-state index is 12.4. The van der Waals surface area contributed by atoms with E-state index in [9.17, 15) is 14.0 Å². The first-order valence-electron chi connectivity index (χ1n) is 6.81. The van der Waals surface area contributed by atoms with Gasteiger partial charge in [-0.2, -0.15) is 0 Å². The Kier molecular flexibility index (Phi) is 7.22. The summed E-state index contributed by atoms with van der Waals surface area (Å²) < 4.78 is 22.2. The second-order valence-electron chi connectivity index (χ2n) is 4.80. The number of halogens is 1. The van der Waals surface area contributed by atoms with E-state index in [-0.39, 0.29) is 31.6 Å². The van der Waals surface area contributed by atoms with E-state index in [0.717, 1.165) is 25.7 Å². The minimum atomic E-state index is -1.11. The molecule has 1 atom stereocenters. The van der Waals surface area contributed by atoms with Crippen molar-refractivity contribution in [1.29, 1.82) is 0 Å². The second kappa shape index (κ2) is 8.72. The van der Waals surface area contributed by atoms with Gasteiger partial charge in [0.2, 0.25) is 0 Å². The van der Waals surface area contributed by atoms with Crippen LogP contribution in [-0.4, -0.2) is 38.0 Å². The van der Waals surface area contributed by atoms with Gasteiger partial charge in [-0.05, 0) is 19.8 Å². The monoisotopic (exact) mass is 275 g/mol. The summed E-state index contributed by atoms with van der Waals surface area (Å²) >= 11 is 0. The van der Waals surface area contributed by atoms with Gasteiger partial charge < -0.3 is 14.8 Å². The summed E-state index contributed by atoms with van der Waals surface area (Å²) in [6.07, 6.45) is 3.28. The zero-order chi connectivity index (χ0) is 14.1. The Bertz CT molecular complexity index is 290. The van der Waals surface area contributed by atoms with E-state index >= 15 is 0 Å². The first-order valence-corrected chi connectivity index (χ1v) is 6.81. The molecule has 6 heteroatoms. The fraction of sp³-hybridized carbons (Fsp3) is 0.846. The Morgan fingerprint density at radius 3 is 2.47 bits per heavy atom. The molecule has 0 radical (unpaired) electrons. The highest BCUT2D eigenvalue weighted by molar-refractivity contribution is 5.72. The highest BCUT2D eigenvalue weighted by Crippen LogP contribution is 2.24. The third kappa shape index (κ3) is 6.98. The van der Waals surface area contributed by atoms with Crippen LogP contribution in [-0.2, 0) is 14.3 Å². The SMILES string of the molecule is C[C@H](F)CNC(=O)OCCOC(=O)C1CCCCC1. The molecule has 0 spiro atoms. The first kappa shape index (κ1) is 15.7. The van der Waals surface area contributed by atoms with Crippen LogP contribution in [0.4, 0.5) is 9.18 Å². The lowest BCUT2D eigenvalue weighted by Crippen LogP contribution is -2.30. The Balaban J connectivity index is 2.03. The molecule has 0 aliphatic heterocycles. The van der Waals surface area contributed by atoms with Gasteiger partial charge in [-0.3, -0.25) is 4.79 Å². The number of carbonyl (C=O) groups is 2. The Hall–Kier alpha value is -1.33. The van der Waals surface area contributed by atoms with Crippen molar-refractivity contribution in [3.05, 3.63) is 0 Å². The fourth-order valence-electron chi connectivity index (χ4n) is 2.01. The smallest absolute Gasteiger partial charge is 0.407 e. The molecule has 0 heterocycles. The van der Waals surface area contributed by atoms with Crippen LogP contribution in [0.25, 0.3) is 0 Å². The second-order valence-corrected chi connectivity index (χ2v) is 4.80. The molecule has 1 fully saturated rings. The summed E-state index contributed by atoms with van der Waals surface area (Å²) in [5.41, 5.74) is 0. The van der Waals surface area contributed by atoms with Crippen molar-refractivity contribution in [2.24, 2.45) is 5.92 Å². The molecule has 1 N–H and O–H groups in total. The summed E-state index contributed by atoms with van der Waals surface area (Å²) in [4.78, 5) is 22.7. The highest BCUT2D eigenvalue weighted by Gasteiger charge is 2.22. The van der Waals surface area contributed by atoms with E-state index in [1.807, 2.05) is 0 Å². The quantitative estimate of drug-likeness (QED) is 0.596. The molecule has 5 nitrogen and oxygen atoms in total. The van der Waals surface area contributed by atoms with Crippen LogP contribution < -0.4 is 5.32 Å². The van der Waals surface area contributed by atoms with E-state index in [4.69, 9.17) is 9.47 Å². The zero-order valence-corrected chi connectivity index (χ0v) is 11.3. The number of rotatable bonds is 6. The zero-order valence-electron chi connectivity index (χ0n) is 11.3. The van der Waals surface area contributed by atoms with Crippen LogP contribution in [0.5, 0.6) is 0 Å². The molecule has 0 saturated heterocycles. The van der Waals surface area contributed by atoms with E-state index in [0.29, 0.717) is 0 Å². The number of hydrogen-bond donors (Lipinski definition) is 1. The number of alkyl halides is 1.